The largest absolute Gasteiger partial charge is 0.482 e. The Morgan fingerprint density at radius 3 is 2.96 bits per heavy atom. The number of rotatable bonds is 4. The first-order valence-corrected chi connectivity index (χ1v) is 8.87. The summed E-state index contributed by atoms with van der Waals surface area (Å²) in [5, 5.41) is 1.62. The molecule has 3 heterocycles. The summed E-state index contributed by atoms with van der Waals surface area (Å²) in [6.07, 6.45) is 6.67. The molecule has 1 aromatic carbocycles. The predicted molar refractivity (Wildman–Crippen MR) is 102 cm³/mol. The average Bonchev–Trinajstić information content (AvgIpc) is 3.11. The van der Waals surface area contributed by atoms with Crippen molar-refractivity contribution in [3.8, 4) is 5.75 Å². The molecular formula is C20H18ClN3O2. The number of nitrogens with one attached hydrogen (secondary N) is 1. The molecule has 0 saturated heterocycles. The molecule has 1 aliphatic rings. The number of halogens is 1. The van der Waals surface area contributed by atoms with E-state index in [1.165, 1.54) is 5.57 Å². The summed E-state index contributed by atoms with van der Waals surface area (Å²) in [7, 11) is 0. The number of nitrogens with zero attached hydrogens (tertiary/aromatic N) is 2. The van der Waals surface area contributed by atoms with E-state index in [-0.39, 0.29) is 12.5 Å². The molecule has 0 fully saturated rings. The highest BCUT2D eigenvalue weighted by molar-refractivity contribution is 6.32. The summed E-state index contributed by atoms with van der Waals surface area (Å²) in [5.41, 5.74) is 3.28. The van der Waals surface area contributed by atoms with Crippen LogP contribution in [-0.2, 0) is 4.79 Å². The minimum absolute atomic E-state index is 0.0100. The quantitative estimate of drug-likeness (QED) is 0.760. The standard InChI is InChI=1S/C20H18ClN3O2/c21-17-5-1-2-6-18(17)26-13-19(25)24-10-7-14(8-11-24)16-12-23-20-15(16)4-3-9-22-20/h1-7,9,12H,8,10-11,13H2,(H,22,23). The van der Waals surface area contributed by atoms with E-state index >= 15 is 0 Å². The van der Waals surface area contributed by atoms with Crippen LogP contribution < -0.4 is 4.74 Å². The normalized spacial score (nSPS) is 14.3. The van der Waals surface area contributed by atoms with Gasteiger partial charge in [0.05, 0.1) is 5.02 Å². The van der Waals surface area contributed by atoms with Gasteiger partial charge in [-0.2, -0.15) is 0 Å². The number of ether oxygens (including phenoxy) is 1. The number of hydrogen-bond donors (Lipinski definition) is 1. The number of aromatic nitrogens is 2. The van der Waals surface area contributed by atoms with Crippen LogP contribution in [0.15, 0.2) is 54.9 Å². The van der Waals surface area contributed by atoms with E-state index in [2.05, 4.69) is 22.1 Å². The summed E-state index contributed by atoms with van der Waals surface area (Å²) >= 11 is 6.05. The molecule has 0 saturated carbocycles. The van der Waals surface area contributed by atoms with E-state index in [1.807, 2.05) is 24.4 Å². The highest BCUT2D eigenvalue weighted by atomic mass is 35.5. The van der Waals surface area contributed by atoms with Crippen LogP contribution in [0.4, 0.5) is 0 Å². The van der Waals surface area contributed by atoms with Crippen LogP contribution in [0.25, 0.3) is 16.6 Å². The van der Waals surface area contributed by atoms with Crippen molar-refractivity contribution in [2.75, 3.05) is 19.7 Å². The van der Waals surface area contributed by atoms with Gasteiger partial charge in [-0.1, -0.05) is 29.8 Å². The number of hydrogen-bond acceptors (Lipinski definition) is 3. The lowest BCUT2D eigenvalue weighted by Gasteiger charge is -2.26. The monoisotopic (exact) mass is 367 g/mol. The van der Waals surface area contributed by atoms with Crippen molar-refractivity contribution in [2.24, 2.45) is 0 Å². The number of pyridine rings is 1. The van der Waals surface area contributed by atoms with Gasteiger partial charge in [0.1, 0.15) is 11.4 Å². The van der Waals surface area contributed by atoms with Crippen molar-refractivity contribution < 1.29 is 9.53 Å². The van der Waals surface area contributed by atoms with Crippen LogP contribution in [0.3, 0.4) is 0 Å². The maximum atomic E-state index is 12.4. The molecule has 0 atom stereocenters. The van der Waals surface area contributed by atoms with Gasteiger partial charge < -0.3 is 14.6 Å². The molecule has 0 bridgehead atoms. The van der Waals surface area contributed by atoms with Gasteiger partial charge in [0, 0.05) is 36.4 Å². The molecular weight excluding hydrogens is 350 g/mol. The fourth-order valence-corrected chi connectivity index (χ4v) is 3.34. The third-order valence-electron chi connectivity index (χ3n) is 4.55. The molecule has 1 N–H and O–H groups in total. The third kappa shape index (κ3) is 3.30. The van der Waals surface area contributed by atoms with Crippen molar-refractivity contribution in [1.29, 1.82) is 0 Å². The molecule has 26 heavy (non-hydrogen) atoms. The van der Waals surface area contributed by atoms with Crippen LogP contribution in [-0.4, -0.2) is 40.5 Å². The van der Waals surface area contributed by atoms with Gasteiger partial charge in [0.15, 0.2) is 6.61 Å². The maximum absolute atomic E-state index is 12.4. The molecule has 1 aliphatic heterocycles. The van der Waals surface area contributed by atoms with E-state index in [4.69, 9.17) is 16.3 Å². The number of carbonyl (C=O) groups is 1. The van der Waals surface area contributed by atoms with Gasteiger partial charge in [-0.05, 0) is 36.3 Å². The Morgan fingerprint density at radius 2 is 2.15 bits per heavy atom. The van der Waals surface area contributed by atoms with Crippen LogP contribution >= 0.6 is 11.6 Å². The molecule has 4 rings (SSSR count). The van der Waals surface area contributed by atoms with E-state index in [1.54, 1.807) is 23.2 Å². The number of amides is 1. The first kappa shape index (κ1) is 16.7. The molecule has 5 nitrogen and oxygen atoms in total. The molecule has 1 amide bonds. The zero-order valence-electron chi connectivity index (χ0n) is 14.1. The Bertz CT molecular complexity index is 980. The first-order valence-electron chi connectivity index (χ1n) is 8.49. The van der Waals surface area contributed by atoms with E-state index in [0.717, 1.165) is 23.0 Å². The summed E-state index contributed by atoms with van der Waals surface area (Å²) in [6.45, 7) is 1.24. The van der Waals surface area contributed by atoms with Crippen molar-refractivity contribution in [3.05, 3.63) is 65.5 Å². The summed E-state index contributed by atoms with van der Waals surface area (Å²) in [5.74, 6) is 0.489. The second kappa shape index (κ2) is 7.22. The van der Waals surface area contributed by atoms with E-state index in [9.17, 15) is 4.79 Å². The molecule has 0 aliphatic carbocycles. The zero-order valence-corrected chi connectivity index (χ0v) is 14.9. The smallest absolute Gasteiger partial charge is 0.260 e. The predicted octanol–water partition coefficient (Wildman–Crippen LogP) is 3.91. The third-order valence-corrected chi connectivity index (χ3v) is 4.86. The first-order chi connectivity index (χ1) is 12.7. The maximum Gasteiger partial charge on any atom is 0.260 e. The zero-order chi connectivity index (χ0) is 17.9. The number of carbonyl (C=O) groups excluding carboxylic acids is 1. The number of H-pyrrole nitrogens is 1. The van der Waals surface area contributed by atoms with Gasteiger partial charge in [-0.15, -0.1) is 0 Å². The molecule has 2 aromatic heterocycles. The SMILES string of the molecule is O=C(COc1ccccc1Cl)N1CC=C(c2c[nH]c3ncccc23)CC1. The lowest BCUT2D eigenvalue weighted by atomic mass is 9.99. The van der Waals surface area contributed by atoms with E-state index < -0.39 is 0 Å². The van der Waals surface area contributed by atoms with Crippen LogP contribution in [0.2, 0.25) is 5.02 Å². The molecule has 6 heteroatoms. The van der Waals surface area contributed by atoms with E-state index in [0.29, 0.717) is 23.9 Å². The Balaban J connectivity index is 1.41. The van der Waals surface area contributed by atoms with Gasteiger partial charge in [-0.25, -0.2) is 4.98 Å². The molecule has 0 radical (unpaired) electrons. The van der Waals surface area contributed by atoms with Gasteiger partial charge >= 0.3 is 0 Å². The minimum Gasteiger partial charge on any atom is -0.482 e. The van der Waals surface area contributed by atoms with Crippen molar-refractivity contribution >= 4 is 34.1 Å². The van der Waals surface area contributed by atoms with Gasteiger partial charge in [-0.3, -0.25) is 4.79 Å². The Hall–Kier alpha value is -2.79. The van der Waals surface area contributed by atoms with Gasteiger partial charge in [0.2, 0.25) is 0 Å². The van der Waals surface area contributed by atoms with Gasteiger partial charge in [0.25, 0.3) is 5.91 Å². The number of para-hydroxylation sites is 1. The fraction of sp³-hybridized carbons (Fsp3) is 0.200. The second-order valence-electron chi connectivity index (χ2n) is 6.14. The number of aromatic amines is 1. The van der Waals surface area contributed by atoms with Crippen molar-refractivity contribution in [1.82, 2.24) is 14.9 Å². The van der Waals surface area contributed by atoms with Crippen LogP contribution in [0, 0.1) is 0 Å². The molecule has 0 spiro atoms. The molecule has 132 valence electrons. The Kier molecular flexibility index (Phi) is 4.63. The molecule has 0 unspecified atom stereocenters. The highest BCUT2D eigenvalue weighted by Gasteiger charge is 2.20. The summed E-state index contributed by atoms with van der Waals surface area (Å²) in [4.78, 5) is 21.7. The summed E-state index contributed by atoms with van der Waals surface area (Å²) < 4.78 is 5.55. The van der Waals surface area contributed by atoms with Crippen LogP contribution in [0.1, 0.15) is 12.0 Å². The van der Waals surface area contributed by atoms with Crippen molar-refractivity contribution in [2.45, 2.75) is 6.42 Å². The fourth-order valence-electron chi connectivity index (χ4n) is 3.15. The number of fused-ring (bicyclic) bond motifs is 1. The lowest BCUT2D eigenvalue weighted by Crippen LogP contribution is -2.37. The number of benzene rings is 1. The topological polar surface area (TPSA) is 58.2 Å². The lowest BCUT2D eigenvalue weighted by molar-refractivity contribution is -0.132. The Morgan fingerprint density at radius 1 is 1.27 bits per heavy atom. The summed E-state index contributed by atoms with van der Waals surface area (Å²) in [6, 6.07) is 11.2. The van der Waals surface area contributed by atoms with Crippen LogP contribution in [0.5, 0.6) is 5.75 Å². The minimum atomic E-state index is -0.0409. The Labute approximate surface area is 156 Å². The van der Waals surface area contributed by atoms with Crippen molar-refractivity contribution in [3.63, 3.8) is 0 Å². The highest BCUT2D eigenvalue weighted by Crippen LogP contribution is 2.28. The molecule has 3 aromatic rings. The average molecular weight is 368 g/mol. The second-order valence-corrected chi connectivity index (χ2v) is 6.55.